The van der Waals surface area contributed by atoms with Crippen LogP contribution in [0.4, 0.5) is 13.2 Å². The third-order valence-electron chi connectivity index (χ3n) is 7.20. The molecule has 5 nitrogen and oxygen atoms in total. The zero-order valence-corrected chi connectivity index (χ0v) is 27.1. The molecule has 1 rings (SSSR count). The SMILES string of the molecule is CCCCCCCCCCCCCCCCCCS(CCC)([OH+]S(=O)(=O)C(F)(F)F)c1ccccc1C(=O)OCC. The Morgan fingerprint density at radius 2 is 1.17 bits per heavy atom. The molecule has 10 heteroatoms. The largest absolute Gasteiger partial charge is 0.572 e. The van der Waals surface area contributed by atoms with Crippen molar-refractivity contribution in [2.75, 3.05) is 18.1 Å². The summed E-state index contributed by atoms with van der Waals surface area (Å²) in [6.45, 7) is 5.77. The van der Waals surface area contributed by atoms with Crippen molar-refractivity contribution in [3.8, 4) is 0 Å². The molecule has 0 saturated heterocycles. The van der Waals surface area contributed by atoms with Crippen molar-refractivity contribution in [2.24, 2.45) is 0 Å². The summed E-state index contributed by atoms with van der Waals surface area (Å²) in [5, 5.41) is 0. The number of carbonyl (C=O) groups is 1. The molecule has 1 N–H and O–H groups in total. The summed E-state index contributed by atoms with van der Waals surface area (Å²) in [6.07, 6.45) is 19.2. The summed E-state index contributed by atoms with van der Waals surface area (Å²) >= 11 is 0. The Balaban J connectivity index is 2.68. The van der Waals surface area contributed by atoms with Crippen LogP contribution in [0.5, 0.6) is 0 Å². The molecule has 0 aromatic heterocycles. The fraction of sp³-hybridized carbons (Fsp3) is 0.774. The van der Waals surface area contributed by atoms with E-state index in [1.807, 2.05) is 0 Å². The Morgan fingerprint density at radius 3 is 1.61 bits per heavy atom. The van der Waals surface area contributed by atoms with Gasteiger partial charge in [-0.25, -0.2) is 4.79 Å². The van der Waals surface area contributed by atoms with Gasteiger partial charge in [-0.05, 0) is 31.9 Å². The van der Waals surface area contributed by atoms with Crippen molar-refractivity contribution in [3.05, 3.63) is 29.8 Å². The lowest BCUT2D eigenvalue weighted by atomic mass is 10.0. The monoisotopic (exact) mass is 627 g/mol. The Labute approximate surface area is 249 Å². The molecule has 0 amide bonds. The predicted octanol–water partition coefficient (Wildman–Crippen LogP) is 10.6. The lowest BCUT2D eigenvalue weighted by molar-refractivity contribution is -0.0540. The van der Waals surface area contributed by atoms with Crippen LogP contribution in [-0.2, 0) is 14.9 Å². The first-order valence-corrected chi connectivity index (χ1v) is 19.0. The Kier molecular flexibility index (Phi) is 19.0. The number of halogens is 3. The van der Waals surface area contributed by atoms with Crippen LogP contribution in [-0.4, -0.2) is 41.6 Å². The lowest BCUT2D eigenvalue weighted by Crippen LogP contribution is -2.33. The lowest BCUT2D eigenvalue weighted by Gasteiger charge is -2.35. The molecule has 1 unspecified atom stereocenters. The van der Waals surface area contributed by atoms with Crippen LogP contribution in [0.15, 0.2) is 29.2 Å². The van der Waals surface area contributed by atoms with Crippen LogP contribution in [0.2, 0.25) is 0 Å². The number of benzene rings is 1. The van der Waals surface area contributed by atoms with Gasteiger partial charge in [0.05, 0.1) is 17.1 Å². The molecule has 0 aliphatic heterocycles. The smallest absolute Gasteiger partial charge is 0.462 e. The molecule has 1 atom stereocenters. The van der Waals surface area contributed by atoms with Crippen LogP contribution < -0.4 is 0 Å². The van der Waals surface area contributed by atoms with E-state index in [1.165, 1.54) is 76.7 Å². The first kappa shape index (κ1) is 37.8. The summed E-state index contributed by atoms with van der Waals surface area (Å²) in [5.41, 5.74) is -5.40. The van der Waals surface area contributed by atoms with E-state index in [0.717, 1.165) is 25.7 Å². The number of alkyl halides is 3. The van der Waals surface area contributed by atoms with Crippen molar-refractivity contribution < 1.29 is 34.7 Å². The van der Waals surface area contributed by atoms with Crippen molar-refractivity contribution in [2.45, 2.75) is 140 Å². The Bertz CT molecular complexity index is 953. The van der Waals surface area contributed by atoms with Gasteiger partial charge in [0.1, 0.15) is 0 Å². The summed E-state index contributed by atoms with van der Waals surface area (Å²) < 4.78 is 73.8. The van der Waals surface area contributed by atoms with Crippen molar-refractivity contribution in [3.63, 3.8) is 0 Å². The predicted molar refractivity (Wildman–Crippen MR) is 165 cm³/mol. The standard InChI is InChI=1S/C31H53F3O5S2/c1-4-7-8-9-10-11-12-13-14-15-16-17-18-19-20-23-27-40(26-5-2,39-41(36,37)31(32,33)34)29-25-22-21-24-28(29)30(35)38-6-3/h21-22,24-25H,4-20,23,26-27H2,1-3H3/p+1. The second-order valence-corrected chi connectivity index (χ2v) is 15.7. The van der Waals surface area contributed by atoms with Crippen molar-refractivity contribution >= 4 is 26.4 Å². The molecular formula is C31H54F3O5S2+. The number of ether oxygens (including phenoxy) is 1. The molecule has 0 saturated carbocycles. The van der Waals surface area contributed by atoms with Gasteiger partial charge in [-0.1, -0.05) is 122 Å². The minimum absolute atomic E-state index is 0.0930. The van der Waals surface area contributed by atoms with Gasteiger partial charge in [-0.15, -0.1) is 8.42 Å². The number of hydrogen-bond donors (Lipinski definition) is 0. The van der Waals surface area contributed by atoms with Gasteiger partial charge in [0.2, 0.25) is 0 Å². The molecule has 0 heterocycles. The van der Waals surface area contributed by atoms with Crippen molar-refractivity contribution in [1.29, 1.82) is 0 Å². The maximum Gasteiger partial charge on any atom is 0.572 e. The normalized spacial score (nSPS) is 14.5. The molecule has 240 valence electrons. The molecule has 0 spiro atoms. The maximum absolute atomic E-state index is 13.5. The molecule has 1 aromatic rings. The minimum Gasteiger partial charge on any atom is -0.462 e. The first-order valence-electron chi connectivity index (χ1n) is 15.6. The van der Waals surface area contributed by atoms with Gasteiger partial charge in [-0.3, -0.25) is 3.63 Å². The quantitative estimate of drug-likeness (QED) is 0.0376. The summed E-state index contributed by atoms with van der Waals surface area (Å²) in [6, 6.07) is 6.23. The average Bonchev–Trinajstić information content (AvgIpc) is 2.92. The average molecular weight is 628 g/mol. The number of esters is 1. The molecule has 0 fully saturated rings. The fourth-order valence-corrected chi connectivity index (χ4v) is 10.7. The van der Waals surface area contributed by atoms with Crippen molar-refractivity contribution in [1.82, 2.24) is 0 Å². The van der Waals surface area contributed by atoms with E-state index in [1.54, 1.807) is 32.0 Å². The highest BCUT2D eigenvalue weighted by atomic mass is 32.3. The van der Waals surface area contributed by atoms with E-state index in [-0.39, 0.29) is 28.6 Å². The molecule has 0 aliphatic rings. The van der Waals surface area contributed by atoms with Crippen LogP contribution in [0.1, 0.15) is 140 Å². The Hall–Kier alpha value is -1.26. The molecule has 0 bridgehead atoms. The topological polar surface area (TPSA) is 73.2 Å². The van der Waals surface area contributed by atoms with Gasteiger partial charge in [0, 0.05) is 21.8 Å². The highest BCUT2D eigenvalue weighted by Gasteiger charge is 2.57. The van der Waals surface area contributed by atoms with E-state index in [2.05, 4.69) is 10.6 Å². The summed E-state index contributed by atoms with van der Waals surface area (Å²) in [4.78, 5) is 12.9. The molecular weight excluding hydrogens is 573 g/mol. The number of hydrogen-bond acceptors (Lipinski definition) is 4. The van der Waals surface area contributed by atoms with Gasteiger partial charge < -0.3 is 4.74 Å². The Morgan fingerprint density at radius 1 is 0.707 bits per heavy atom. The van der Waals surface area contributed by atoms with Crippen LogP contribution in [0.3, 0.4) is 0 Å². The number of carbonyl (C=O) groups excluding carboxylic acids is 1. The number of unbranched alkanes of at least 4 members (excludes halogenated alkanes) is 15. The van der Waals surface area contributed by atoms with Crippen LogP contribution in [0.25, 0.3) is 0 Å². The molecule has 1 aromatic carbocycles. The van der Waals surface area contributed by atoms with Crippen LogP contribution in [0, 0.1) is 0 Å². The van der Waals surface area contributed by atoms with Gasteiger partial charge >= 0.3 is 21.6 Å². The fourth-order valence-electron chi connectivity index (χ4n) is 5.07. The highest BCUT2D eigenvalue weighted by molar-refractivity contribution is 8.32. The molecule has 0 radical (unpaired) electrons. The third kappa shape index (κ3) is 14.2. The first-order chi connectivity index (χ1) is 19.5. The van der Waals surface area contributed by atoms with E-state index >= 15 is 0 Å². The highest BCUT2D eigenvalue weighted by Crippen LogP contribution is 2.59. The number of rotatable bonds is 24. The zero-order chi connectivity index (χ0) is 30.6. The molecule has 0 aliphatic carbocycles. The van der Waals surface area contributed by atoms with E-state index < -0.39 is 31.9 Å². The van der Waals surface area contributed by atoms with Crippen LogP contribution >= 0.6 is 10.3 Å². The molecule has 41 heavy (non-hydrogen) atoms. The van der Waals surface area contributed by atoms with Gasteiger partial charge in [0.15, 0.2) is 0 Å². The minimum atomic E-state index is -5.74. The third-order valence-corrected chi connectivity index (χ3v) is 12.9. The maximum atomic E-state index is 13.5. The van der Waals surface area contributed by atoms with E-state index in [4.69, 9.17) is 4.74 Å². The van der Waals surface area contributed by atoms with E-state index in [9.17, 15) is 26.4 Å². The second kappa shape index (κ2) is 20.6. The zero-order valence-electron chi connectivity index (χ0n) is 25.5. The summed E-state index contributed by atoms with van der Waals surface area (Å²) in [7, 11) is -8.61. The van der Waals surface area contributed by atoms with Gasteiger partial charge in [0.25, 0.3) is 0 Å². The van der Waals surface area contributed by atoms with E-state index in [0.29, 0.717) is 12.8 Å². The van der Waals surface area contributed by atoms with Gasteiger partial charge in [-0.2, -0.15) is 13.2 Å². The second-order valence-electron chi connectivity index (χ2n) is 10.8. The summed E-state index contributed by atoms with van der Waals surface area (Å²) in [5.74, 6) is -0.342.